The van der Waals surface area contributed by atoms with Gasteiger partial charge in [0.05, 0.1) is 30.0 Å². The average Bonchev–Trinajstić information content (AvgIpc) is 3.15. The van der Waals surface area contributed by atoms with Gasteiger partial charge in [-0.1, -0.05) is 30.3 Å². The first kappa shape index (κ1) is 16.5. The Bertz CT molecular complexity index is 1190. The molecule has 4 rings (SSSR count). The smallest absolute Gasteiger partial charge is 0.143 e. The van der Waals surface area contributed by atoms with Crippen LogP contribution in [0.2, 0.25) is 0 Å². The average molecular weight is 357 g/mol. The summed E-state index contributed by atoms with van der Waals surface area (Å²) < 4.78 is 10.9. The predicted octanol–water partition coefficient (Wildman–Crippen LogP) is 4.33. The maximum absolute atomic E-state index is 10.6. The van der Waals surface area contributed by atoms with Gasteiger partial charge in [0.2, 0.25) is 0 Å². The molecule has 0 radical (unpaired) electrons. The van der Waals surface area contributed by atoms with E-state index in [1.165, 1.54) is 19.4 Å². The van der Waals surface area contributed by atoms with Gasteiger partial charge in [0.1, 0.15) is 34.5 Å². The maximum Gasteiger partial charge on any atom is 0.143 e. The third kappa shape index (κ3) is 2.62. The molecule has 4 aromatic rings. The van der Waals surface area contributed by atoms with Gasteiger partial charge in [0.15, 0.2) is 0 Å². The van der Waals surface area contributed by atoms with Crippen molar-refractivity contribution >= 4 is 16.8 Å². The quantitative estimate of drug-likeness (QED) is 0.565. The number of ether oxygens (including phenoxy) is 1. The Morgan fingerprint density at radius 1 is 1.19 bits per heavy atom. The summed E-state index contributed by atoms with van der Waals surface area (Å²) in [5.74, 6) is 0.460. The van der Waals surface area contributed by atoms with Gasteiger partial charge in [-0.15, -0.1) is 0 Å². The van der Waals surface area contributed by atoms with Crippen LogP contribution in [0, 0.1) is 11.3 Å². The summed E-state index contributed by atoms with van der Waals surface area (Å²) >= 11 is 0. The molecule has 0 spiro atoms. The van der Waals surface area contributed by atoms with E-state index in [0.717, 1.165) is 5.56 Å². The summed E-state index contributed by atoms with van der Waals surface area (Å²) in [5.41, 5.74) is 9.10. The monoisotopic (exact) mass is 357 g/mol. The molecule has 2 heterocycles. The third-order valence-corrected chi connectivity index (χ3v) is 4.40. The van der Waals surface area contributed by atoms with Crippen molar-refractivity contribution in [2.24, 2.45) is 0 Å². The number of fused-ring (bicyclic) bond motifs is 1. The molecular weight excluding hydrogens is 342 g/mol. The van der Waals surface area contributed by atoms with Crippen molar-refractivity contribution in [2.45, 2.75) is 0 Å². The molecule has 0 bridgehead atoms. The Labute approximate surface area is 155 Å². The van der Waals surface area contributed by atoms with E-state index in [0.29, 0.717) is 33.5 Å². The zero-order chi connectivity index (χ0) is 19.0. The molecule has 6 nitrogen and oxygen atoms in total. The first-order chi connectivity index (χ1) is 13.1. The lowest BCUT2D eigenvalue weighted by atomic mass is 9.97. The van der Waals surface area contributed by atoms with Crippen LogP contribution >= 0.6 is 0 Å². The van der Waals surface area contributed by atoms with E-state index in [2.05, 4.69) is 11.1 Å². The molecule has 2 aromatic carbocycles. The highest BCUT2D eigenvalue weighted by Crippen LogP contribution is 2.44. The molecule has 0 aliphatic carbocycles. The number of nitrogens with zero attached hydrogens (tertiary/aromatic N) is 2. The van der Waals surface area contributed by atoms with Gasteiger partial charge >= 0.3 is 0 Å². The summed E-state index contributed by atoms with van der Waals surface area (Å²) in [4.78, 5) is 4.35. The number of nitrogen functional groups attached to an aromatic ring is 1. The molecule has 0 unspecified atom stereocenters. The number of pyridine rings is 1. The van der Waals surface area contributed by atoms with E-state index >= 15 is 0 Å². The van der Waals surface area contributed by atoms with E-state index in [1.807, 2.05) is 30.3 Å². The van der Waals surface area contributed by atoms with Crippen molar-refractivity contribution in [3.8, 4) is 40.0 Å². The van der Waals surface area contributed by atoms with Crippen LogP contribution in [0.5, 0.6) is 11.5 Å². The van der Waals surface area contributed by atoms with Crippen molar-refractivity contribution in [2.75, 3.05) is 12.8 Å². The highest BCUT2D eigenvalue weighted by atomic mass is 16.5. The second kappa shape index (κ2) is 6.39. The van der Waals surface area contributed by atoms with Crippen molar-refractivity contribution in [1.29, 1.82) is 5.26 Å². The highest BCUT2D eigenvalue weighted by Gasteiger charge is 2.21. The first-order valence-electron chi connectivity index (χ1n) is 8.17. The molecule has 0 saturated carbocycles. The highest BCUT2D eigenvalue weighted by molar-refractivity contribution is 5.96. The van der Waals surface area contributed by atoms with Crippen LogP contribution in [-0.4, -0.2) is 17.2 Å². The van der Waals surface area contributed by atoms with Crippen LogP contribution in [-0.2, 0) is 0 Å². The van der Waals surface area contributed by atoms with Gasteiger partial charge in [0, 0.05) is 11.6 Å². The fourth-order valence-electron chi connectivity index (χ4n) is 3.18. The minimum atomic E-state index is -0.0510. The fraction of sp³-hybridized carbons (Fsp3) is 0.0476. The lowest BCUT2D eigenvalue weighted by Gasteiger charge is -2.14. The minimum absolute atomic E-state index is 0.0510. The van der Waals surface area contributed by atoms with Crippen LogP contribution in [0.25, 0.3) is 33.4 Å². The minimum Gasteiger partial charge on any atom is -0.507 e. The molecule has 132 valence electrons. The number of aromatic nitrogens is 1. The second-order valence-electron chi connectivity index (χ2n) is 5.93. The number of hydrogen-bond donors (Lipinski definition) is 2. The van der Waals surface area contributed by atoms with Crippen LogP contribution < -0.4 is 10.5 Å². The van der Waals surface area contributed by atoms with Gasteiger partial charge < -0.3 is 20.0 Å². The number of phenols is 1. The standard InChI is InChI=1S/C21H15N3O3/c1-26-20-13-7-8-27-18(13)10-17(25)19(20)16-9-14(12-5-3-2-4-6-12)15(11-22)21(23)24-16/h2-10,25H,1H3,(H2,23,24). The summed E-state index contributed by atoms with van der Waals surface area (Å²) in [6, 6.07) is 16.5. The summed E-state index contributed by atoms with van der Waals surface area (Å²) in [6.07, 6.45) is 1.52. The molecule has 0 aliphatic heterocycles. The van der Waals surface area contributed by atoms with E-state index < -0.39 is 0 Å². The summed E-state index contributed by atoms with van der Waals surface area (Å²) in [6.45, 7) is 0. The van der Waals surface area contributed by atoms with Crippen molar-refractivity contribution in [1.82, 2.24) is 4.98 Å². The van der Waals surface area contributed by atoms with E-state index in [9.17, 15) is 10.4 Å². The van der Waals surface area contributed by atoms with Gasteiger partial charge in [-0.3, -0.25) is 0 Å². The zero-order valence-corrected chi connectivity index (χ0v) is 14.4. The largest absolute Gasteiger partial charge is 0.507 e. The Morgan fingerprint density at radius 2 is 1.96 bits per heavy atom. The van der Waals surface area contributed by atoms with E-state index in [-0.39, 0.29) is 17.1 Å². The Kier molecular flexibility index (Phi) is 3.90. The normalized spacial score (nSPS) is 10.7. The fourth-order valence-corrected chi connectivity index (χ4v) is 3.18. The number of anilines is 1. The van der Waals surface area contributed by atoms with Crippen molar-refractivity contribution < 1.29 is 14.3 Å². The van der Waals surface area contributed by atoms with Crippen LogP contribution in [0.3, 0.4) is 0 Å². The van der Waals surface area contributed by atoms with E-state index in [4.69, 9.17) is 14.9 Å². The van der Waals surface area contributed by atoms with Gasteiger partial charge in [0.25, 0.3) is 0 Å². The molecule has 27 heavy (non-hydrogen) atoms. The molecule has 3 N–H and O–H groups in total. The van der Waals surface area contributed by atoms with Gasteiger partial charge in [-0.2, -0.15) is 5.26 Å². The topological polar surface area (TPSA) is 105 Å². The van der Waals surface area contributed by atoms with Crippen LogP contribution in [0.15, 0.2) is 59.2 Å². The Balaban J connectivity index is 2.04. The second-order valence-corrected chi connectivity index (χ2v) is 5.93. The first-order valence-corrected chi connectivity index (χ1v) is 8.17. The summed E-state index contributed by atoms with van der Waals surface area (Å²) in [7, 11) is 1.51. The lowest BCUT2D eigenvalue weighted by Crippen LogP contribution is -2.01. The SMILES string of the molecule is COc1c(-c2cc(-c3ccccc3)c(C#N)c(N)n2)c(O)cc2occc12. The molecule has 0 aliphatic rings. The molecular formula is C21H15N3O3. The van der Waals surface area contributed by atoms with Crippen molar-refractivity contribution in [3.63, 3.8) is 0 Å². The Morgan fingerprint density at radius 3 is 2.67 bits per heavy atom. The van der Waals surface area contributed by atoms with Crippen LogP contribution in [0.4, 0.5) is 5.82 Å². The number of phenolic OH excluding ortho intramolecular Hbond substituents is 1. The molecule has 0 atom stereocenters. The third-order valence-electron chi connectivity index (χ3n) is 4.40. The number of nitriles is 1. The van der Waals surface area contributed by atoms with E-state index in [1.54, 1.807) is 12.1 Å². The van der Waals surface area contributed by atoms with Crippen LogP contribution in [0.1, 0.15) is 5.56 Å². The number of benzene rings is 2. The number of furan rings is 1. The zero-order valence-electron chi connectivity index (χ0n) is 14.4. The predicted molar refractivity (Wildman–Crippen MR) is 102 cm³/mol. The van der Waals surface area contributed by atoms with Gasteiger partial charge in [-0.25, -0.2) is 4.98 Å². The number of aromatic hydroxyl groups is 1. The number of rotatable bonds is 3. The lowest BCUT2D eigenvalue weighted by molar-refractivity contribution is 0.414. The maximum atomic E-state index is 10.6. The van der Waals surface area contributed by atoms with Gasteiger partial charge in [-0.05, 0) is 17.7 Å². The molecule has 0 saturated heterocycles. The molecule has 0 fully saturated rings. The summed E-state index contributed by atoms with van der Waals surface area (Å²) in [5, 5.41) is 20.8. The van der Waals surface area contributed by atoms with Crippen molar-refractivity contribution in [3.05, 3.63) is 60.4 Å². The number of hydrogen-bond acceptors (Lipinski definition) is 6. The molecule has 6 heteroatoms. The Hall–Kier alpha value is -3.98. The number of nitrogens with two attached hydrogens (primary N) is 1. The number of methoxy groups -OCH3 is 1. The molecule has 2 aromatic heterocycles. The molecule has 0 amide bonds.